The maximum atomic E-state index is 13.4. The fourth-order valence-corrected chi connectivity index (χ4v) is 4.04. The third kappa shape index (κ3) is 3.85. The van der Waals surface area contributed by atoms with Gasteiger partial charge in [-0.25, -0.2) is 14.4 Å². The predicted octanol–water partition coefficient (Wildman–Crippen LogP) is 5.48. The Bertz CT molecular complexity index is 1520. The quantitative estimate of drug-likeness (QED) is 0.360. The lowest BCUT2D eigenvalue weighted by atomic mass is 10.1. The summed E-state index contributed by atoms with van der Waals surface area (Å²) in [7, 11) is 1.60. The largest absolute Gasteiger partial charge is 0.481 e. The van der Waals surface area contributed by atoms with Crippen LogP contribution in [0.1, 0.15) is 12.8 Å². The lowest BCUT2D eigenvalue weighted by molar-refractivity contribution is 0.398. The van der Waals surface area contributed by atoms with Crippen LogP contribution in [0.25, 0.3) is 28.1 Å². The SMILES string of the molecule is COc1ccc(-n2c3cc(=NC4CC4)c(Nc4ccc(F)cc4)cc-3nc3ccccc32)cn1. The predicted molar refractivity (Wildman–Crippen MR) is 130 cm³/mol. The molecule has 168 valence electrons. The minimum atomic E-state index is -0.269. The average molecular weight is 452 g/mol. The highest BCUT2D eigenvalue weighted by Crippen LogP contribution is 2.31. The summed E-state index contributed by atoms with van der Waals surface area (Å²) in [6.45, 7) is 0. The summed E-state index contributed by atoms with van der Waals surface area (Å²) in [4.78, 5) is 14.3. The molecule has 3 aliphatic rings. The van der Waals surface area contributed by atoms with Crippen molar-refractivity contribution >= 4 is 22.4 Å². The number of hydrogen-bond donors (Lipinski definition) is 1. The van der Waals surface area contributed by atoms with Crippen LogP contribution in [0.4, 0.5) is 15.8 Å². The van der Waals surface area contributed by atoms with Gasteiger partial charge in [-0.1, -0.05) is 12.1 Å². The van der Waals surface area contributed by atoms with E-state index in [0.717, 1.165) is 57.7 Å². The second-order valence-corrected chi connectivity index (χ2v) is 8.34. The highest BCUT2D eigenvalue weighted by molar-refractivity contribution is 5.84. The Morgan fingerprint density at radius 1 is 1.03 bits per heavy atom. The average Bonchev–Trinajstić information content (AvgIpc) is 3.69. The molecule has 0 bridgehead atoms. The highest BCUT2D eigenvalue weighted by Gasteiger charge is 2.22. The summed E-state index contributed by atoms with van der Waals surface area (Å²) in [5, 5.41) is 4.26. The van der Waals surface area contributed by atoms with E-state index >= 15 is 0 Å². The van der Waals surface area contributed by atoms with E-state index in [1.165, 1.54) is 12.1 Å². The molecule has 0 saturated heterocycles. The fourth-order valence-electron chi connectivity index (χ4n) is 4.04. The molecule has 1 aromatic heterocycles. The molecule has 1 aliphatic heterocycles. The molecule has 0 radical (unpaired) electrons. The summed E-state index contributed by atoms with van der Waals surface area (Å²) in [6.07, 6.45) is 3.98. The summed E-state index contributed by atoms with van der Waals surface area (Å²) < 4.78 is 20.8. The van der Waals surface area contributed by atoms with Crippen LogP contribution in [0.3, 0.4) is 0 Å². The topological polar surface area (TPSA) is 64.3 Å². The number of nitrogens with zero attached hydrogens (tertiary/aromatic N) is 4. The van der Waals surface area contributed by atoms with Crippen LogP contribution >= 0.6 is 0 Å². The van der Waals surface area contributed by atoms with Crippen LogP contribution in [0.15, 0.2) is 84.0 Å². The van der Waals surface area contributed by atoms with E-state index < -0.39 is 0 Å². The Balaban J connectivity index is 1.60. The molecule has 2 aromatic carbocycles. The van der Waals surface area contributed by atoms with Gasteiger partial charge in [-0.15, -0.1) is 0 Å². The summed E-state index contributed by atoms with van der Waals surface area (Å²) in [6, 6.07) is 22.6. The van der Waals surface area contributed by atoms with Gasteiger partial charge in [0.25, 0.3) is 0 Å². The van der Waals surface area contributed by atoms with Crippen molar-refractivity contribution in [2.45, 2.75) is 18.9 Å². The van der Waals surface area contributed by atoms with Gasteiger partial charge in [0.1, 0.15) is 5.82 Å². The van der Waals surface area contributed by atoms with Crippen molar-refractivity contribution < 1.29 is 9.13 Å². The number of nitrogens with one attached hydrogen (secondary N) is 1. The molecule has 0 unspecified atom stereocenters. The number of methoxy groups -OCH3 is 1. The Hall–Kier alpha value is -4.26. The van der Waals surface area contributed by atoms with Crippen LogP contribution in [-0.4, -0.2) is 27.7 Å². The smallest absolute Gasteiger partial charge is 0.213 e. The summed E-state index contributed by atoms with van der Waals surface area (Å²) in [5.74, 6) is 0.288. The van der Waals surface area contributed by atoms with Crippen molar-refractivity contribution in [1.29, 1.82) is 0 Å². The minimum Gasteiger partial charge on any atom is -0.481 e. The van der Waals surface area contributed by atoms with Crippen LogP contribution in [-0.2, 0) is 0 Å². The molecule has 6 rings (SSSR count). The lowest BCUT2D eigenvalue weighted by Crippen LogP contribution is -2.15. The number of anilines is 2. The number of halogens is 1. The number of para-hydroxylation sites is 2. The van der Waals surface area contributed by atoms with Gasteiger partial charge in [0.15, 0.2) is 0 Å². The number of benzene rings is 3. The van der Waals surface area contributed by atoms with Gasteiger partial charge in [-0.05, 0) is 67.4 Å². The molecule has 7 heteroatoms. The third-order valence-corrected chi connectivity index (χ3v) is 5.88. The molecule has 2 heterocycles. The molecule has 0 amide bonds. The van der Waals surface area contributed by atoms with E-state index in [1.807, 2.05) is 42.5 Å². The molecule has 6 nitrogen and oxygen atoms in total. The van der Waals surface area contributed by atoms with Crippen molar-refractivity contribution in [3.05, 3.63) is 90.2 Å². The Morgan fingerprint density at radius 3 is 2.59 bits per heavy atom. The van der Waals surface area contributed by atoms with Gasteiger partial charge in [-0.3, -0.25) is 4.99 Å². The van der Waals surface area contributed by atoms with Gasteiger partial charge in [-0.2, -0.15) is 0 Å². The molecule has 1 N–H and O–H groups in total. The van der Waals surface area contributed by atoms with Crippen molar-refractivity contribution in [2.75, 3.05) is 12.4 Å². The molecule has 1 saturated carbocycles. The number of fused-ring (bicyclic) bond motifs is 2. The minimum absolute atomic E-state index is 0.269. The molecule has 2 aliphatic carbocycles. The van der Waals surface area contributed by atoms with Gasteiger partial charge in [0.05, 0.1) is 58.5 Å². The molecule has 34 heavy (non-hydrogen) atoms. The number of ether oxygens (including phenoxy) is 1. The fraction of sp³-hybridized carbons (Fsp3) is 0.148. The maximum Gasteiger partial charge on any atom is 0.213 e. The first-order valence-corrected chi connectivity index (χ1v) is 11.2. The molecule has 0 spiro atoms. The number of rotatable bonds is 5. The van der Waals surface area contributed by atoms with E-state index in [1.54, 1.807) is 25.4 Å². The number of aromatic nitrogens is 3. The van der Waals surface area contributed by atoms with E-state index in [2.05, 4.69) is 20.9 Å². The van der Waals surface area contributed by atoms with E-state index in [0.29, 0.717) is 11.9 Å². The second kappa shape index (κ2) is 8.26. The monoisotopic (exact) mass is 451 g/mol. The van der Waals surface area contributed by atoms with E-state index in [-0.39, 0.29) is 5.82 Å². The van der Waals surface area contributed by atoms with E-state index in [9.17, 15) is 4.39 Å². The van der Waals surface area contributed by atoms with Gasteiger partial charge in [0.2, 0.25) is 5.88 Å². The standard InChI is InChI=1S/C27H22FN5O/c1-34-27-13-12-20(16-29-27)33-25-5-3-2-4-21(25)32-24-14-22(30-18-8-6-17(28)7-9-18)23(15-26(24)33)31-19-10-11-19/h2-9,12-16,19,30H,10-11H2,1H3. The van der Waals surface area contributed by atoms with Crippen LogP contribution < -0.4 is 15.4 Å². The van der Waals surface area contributed by atoms with Crippen LogP contribution in [0, 0.1) is 5.82 Å². The zero-order valence-corrected chi connectivity index (χ0v) is 18.6. The first-order valence-electron chi connectivity index (χ1n) is 11.2. The molecule has 3 aromatic rings. The van der Waals surface area contributed by atoms with Crippen molar-refractivity contribution in [3.8, 4) is 23.0 Å². The van der Waals surface area contributed by atoms with Gasteiger partial charge in [0, 0.05) is 11.8 Å². The summed E-state index contributed by atoms with van der Waals surface area (Å²) in [5.41, 5.74) is 6.11. The molecule has 1 fully saturated rings. The van der Waals surface area contributed by atoms with Gasteiger partial charge < -0.3 is 14.6 Å². The highest BCUT2D eigenvalue weighted by atomic mass is 19.1. The summed E-state index contributed by atoms with van der Waals surface area (Å²) >= 11 is 0. The number of hydrogen-bond acceptors (Lipinski definition) is 5. The van der Waals surface area contributed by atoms with Crippen molar-refractivity contribution in [2.24, 2.45) is 4.99 Å². The number of pyridine rings is 1. The van der Waals surface area contributed by atoms with Crippen LogP contribution in [0.2, 0.25) is 0 Å². The second-order valence-electron chi connectivity index (χ2n) is 8.34. The van der Waals surface area contributed by atoms with Gasteiger partial charge >= 0.3 is 0 Å². The zero-order chi connectivity index (χ0) is 23.1. The lowest BCUT2D eigenvalue weighted by Gasteiger charge is -2.20. The third-order valence-electron chi connectivity index (χ3n) is 5.88. The van der Waals surface area contributed by atoms with E-state index in [4.69, 9.17) is 14.7 Å². The first kappa shape index (κ1) is 20.4. The van der Waals surface area contributed by atoms with Crippen molar-refractivity contribution in [1.82, 2.24) is 14.5 Å². The maximum absolute atomic E-state index is 13.4. The Kier molecular flexibility index (Phi) is 4.95. The normalized spacial score (nSPS) is 14.0. The molecule has 0 atom stereocenters. The molecular weight excluding hydrogens is 429 g/mol. The Labute approximate surface area is 195 Å². The van der Waals surface area contributed by atoms with Crippen LogP contribution in [0.5, 0.6) is 5.88 Å². The van der Waals surface area contributed by atoms with Crippen molar-refractivity contribution in [3.63, 3.8) is 0 Å². The molecular formula is C27H22FN5O. The first-order chi connectivity index (χ1) is 16.7. The Morgan fingerprint density at radius 2 is 1.85 bits per heavy atom. The zero-order valence-electron chi connectivity index (χ0n) is 18.6.